The molecular formula is C20H28NSi+. The third-order valence-electron chi connectivity index (χ3n) is 5.01. The Morgan fingerprint density at radius 1 is 1.00 bits per heavy atom. The Bertz CT molecular complexity index is 710. The van der Waals surface area contributed by atoms with E-state index >= 15 is 0 Å². The predicted octanol–water partition coefficient (Wildman–Crippen LogP) is 3.91. The van der Waals surface area contributed by atoms with Gasteiger partial charge in [-0.2, -0.15) is 0 Å². The summed E-state index contributed by atoms with van der Waals surface area (Å²) in [5, 5.41) is 1.55. The predicted molar refractivity (Wildman–Crippen MR) is 97.4 cm³/mol. The van der Waals surface area contributed by atoms with Crippen LogP contribution in [-0.2, 0) is 19.9 Å². The average molecular weight is 311 g/mol. The van der Waals surface area contributed by atoms with Gasteiger partial charge >= 0.3 is 0 Å². The van der Waals surface area contributed by atoms with Crippen LogP contribution in [0, 0.1) is 6.92 Å². The van der Waals surface area contributed by atoms with E-state index in [0.717, 1.165) is 0 Å². The lowest BCUT2D eigenvalue weighted by Gasteiger charge is -2.21. The number of benzene rings is 1. The first-order chi connectivity index (χ1) is 10.4. The molecule has 22 heavy (non-hydrogen) atoms. The molecule has 0 fully saturated rings. The van der Waals surface area contributed by atoms with E-state index in [9.17, 15) is 0 Å². The summed E-state index contributed by atoms with van der Waals surface area (Å²) in [5.74, 6) is 0. The van der Waals surface area contributed by atoms with Gasteiger partial charge in [-0.3, -0.25) is 0 Å². The van der Waals surface area contributed by atoms with Crippen LogP contribution >= 0.6 is 0 Å². The highest BCUT2D eigenvalue weighted by Gasteiger charge is 2.25. The summed E-state index contributed by atoms with van der Waals surface area (Å²) in [6, 6.07) is 9.46. The lowest BCUT2D eigenvalue weighted by atomic mass is 9.85. The number of fused-ring (bicyclic) bond motifs is 1. The van der Waals surface area contributed by atoms with Crippen molar-refractivity contribution in [3.8, 4) is 11.3 Å². The van der Waals surface area contributed by atoms with Crippen LogP contribution in [0.5, 0.6) is 0 Å². The van der Waals surface area contributed by atoms with Crippen molar-refractivity contribution in [2.75, 3.05) is 0 Å². The number of aromatic nitrogens is 1. The maximum Gasteiger partial charge on any atom is 0.212 e. The number of rotatable bonds is 2. The molecule has 0 bridgehead atoms. The van der Waals surface area contributed by atoms with Crippen LogP contribution in [0.4, 0.5) is 0 Å². The van der Waals surface area contributed by atoms with Gasteiger partial charge in [-0.15, -0.1) is 0 Å². The van der Waals surface area contributed by atoms with Gasteiger partial charge in [0.1, 0.15) is 7.05 Å². The molecule has 0 atom stereocenters. The van der Waals surface area contributed by atoms with E-state index < -0.39 is 8.07 Å². The summed E-state index contributed by atoms with van der Waals surface area (Å²) in [6.07, 6.45) is 7.42. The zero-order chi connectivity index (χ0) is 15.9. The van der Waals surface area contributed by atoms with Crippen LogP contribution in [0.15, 0.2) is 30.5 Å². The molecule has 0 radical (unpaired) electrons. The third-order valence-corrected chi connectivity index (χ3v) is 7.06. The van der Waals surface area contributed by atoms with E-state index in [1.54, 1.807) is 16.3 Å². The fourth-order valence-electron chi connectivity index (χ4n) is 3.59. The van der Waals surface area contributed by atoms with E-state index in [4.69, 9.17) is 0 Å². The van der Waals surface area contributed by atoms with Crippen LogP contribution in [-0.4, -0.2) is 8.07 Å². The van der Waals surface area contributed by atoms with Gasteiger partial charge in [-0.25, -0.2) is 4.57 Å². The Kier molecular flexibility index (Phi) is 3.98. The summed E-state index contributed by atoms with van der Waals surface area (Å²) < 4.78 is 2.31. The summed E-state index contributed by atoms with van der Waals surface area (Å²) in [7, 11) is 0.899. The van der Waals surface area contributed by atoms with Crippen molar-refractivity contribution >= 4 is 13.3 Å². The molecule has 0 unspecified atom stereocenters. The second-order valence-corrected chi connectivity index (χ2v) is 12.8. The first kappa shape index (κ1) is 15.5. The monoisotopic (exact) mass is 310 g/mol. The molecule has 1 nitrogen and oxygen atoms in total. The molecule has 3 rings (SSSR count). The Morgan fingerprint density at radius 3 is 2.45 bits per heavy atom. The minimum Gasteiger partial charge on any atom is -0.201 e. The molecule has 116 valence electrons. The Labute approximate surface area is 136 Å². The van der Waals surface area contributed by atoms with Crippen LogP contribution in [0.1, 0.15) is 29.5 Å². The molecule has 1 aromatic heterocycles. The van der Waals surface area contributed by atoms with Gasteiger partial charge < -0.3 is 0 Å². The van der Waals surface area contributed by atoms with Gasteiger partial charge in [0.25, 0.3) is 0 Å². The SMILES string of the molecule is Cc1ccc2c(c1-c1cc([Si](C)(C)C)cc[n+]1C)CCCC2. The van der Waals surface area contributed by atoms with Gasteiger partial charge in [-0.05, 0) is 54.5 Å². The molecule has 1 aliphatic carbocycles. The van der Waals surface area contributed by atoms with Crippen LogP contribution in [0.25, 0.3) is 11.3 Å². The summed E-state index contributed by atoms with van der Waals surface area (Å²) in [6.45, 7) is 9.56. The summed E-state index contributed by atoms with van der Waals surface area (Å²) in [5.41, 5.74) is 7.50. The molecule has 1 heterocycles. The average Bonchev–Trinajstić information content (AvgIpc) is 2.47. The van der Waals surface area contributed by atoms with Gasteiger partial charge in [0.05, 0.1) is 13.6 Å². The smallest absolute Gasteiger partial charge is 0.201 e. The molecule has 1 aliphatic rings. The number of nitrogens with zero attached hydrogens (tertiary/aromatic N) is 1. The minimum absolute atomic E-state index is 1.24. The molecule has 0 spiro atoms. The topological polar surface area (TPSA) is 3.88 Å². The number of hydrogen-bond donors (Lipinski definition) is 0. The quantitative estimate of drug-likeness (QED) is 0.585. The largest absolute Gasteiger partial charge is 0.212 e. The Morgan fingerprint density at radius 2 is 1.73 bits per heavy atom. The first-order valence-electron chi connectivity index (χ1n) is 8.50. The molecule has 0 amide bonds. The number of pyridine rings is 1. The molecular weight excluding hydrogens is 282 g/mol. The van der Waals surface area contributed by atoms with Crippen molar-refractivity contribution in [3.63, 3.8) is 0 Å². The zero-order valence-corrected chi connectivity index (χ0v) is 15.7. The normalized spacial score (nSPS) is 14.8. The van der Waals surface area contributed by atoms with Crippen molar-refractivity contribution in [1.29, 1.82) is 0 Å². The zero-order valence-electron chi connectivity index (χ0n) is 14.7. The number of aryl methyl sites for hydroxylation is 3. The number of hydrogen-bond acceptors (Lipinski definition) is 0. The van der Waals surface area contributed by atoms with Crippen LogP contribution in [0.2, 0.25) is 19.6 Å². The van der Waals surface area contributed by atoms with Crippen LogP contribution < -0.4 is 9.75 Å². The molecule has 2 heteroatoms. The van der Waals surface area contributed by atoms with E-state index in [2.05, 4.69) is 68.6 Å². The van der Waals surface area contributed by atoms with Crippen LogP contribution in [0.3, 0.4) is 0 Å². The van der Waals surface area contributed by atoms with Crippen molar-refractivity contribution in [2.45, 2.75) is 52.2 Å². The fourth-order valence-corrected chi connectivity index (χ4v) is 4.73. The van der Waals surface area contributed by atoms with Gasteiger partial charge in [0.15, 0.2) is 6.20 Å². The van der Waals surface area contributed by atoms with Crippen molar-refractivity contribution in [2.24, 2.45) is 7.05 Å². The van der Waals surface area contributed by atoms with Crippen molar-refractivity contribution < 1.29 is 4.57 Å². The molecule has 0 aliphatic heterocycles. The minimum atomic E-state index is -1.29. The van der Waals surface area contributed by atoms with Gasteiger partial charge in [0, 0.05) is 12.1 Å². The highest BCUT2D eigenvalue weighted by molar-refractivity contribution is 6.88. The maximum atomic E-state index is 2.46. The van der Waals surface area contributed by atoms with E-state index in [1.807, 2.05) is 0 Å². The van der Waals surface area contributed by atoms with Gasteiger partial charge in [0.2, 0.25) is 5.69 Å². The lowest BCUT2D eigenvalue weighted by Crippen LogP contribution is -2.42. The molecule has 0 saturated carbocycles. The van der Waals surface area contributed by atoms with Crippen molar-refractivity contribution in [3.05, 3.63) is 47.2 Å². The van der Waals surface area contributed by atoms with Gasteiger partial charge in [-0.1, -0.05) is 31.8 Å². The highest BCUT2D eigenvalue weighted by Crippen LogP contribution is 2.32. The lowest BCUT2D eigenvalue weighted by molar-refractivity contribution is -0.660. The van der Waals surface area contributed by atoms with E-state index in [1.165, 1.54) is 42.5 Å². The maximum absolute atomic E-state index is 2.46. The highest BCUT2D eigenvalue weighted by atomic mass is 28.3. The molecule has 0 N–H and O–H groups in total. The third kappa shape index (κ3) is 2.77. The summed E-state index contributed by atoms with van der Waals surface area (Å²) >= 11 is 0. The second-order valence-electron chi connectivity index (χ2n) is 7.76. The molecule has 0 saturated heterocycles. The Balaban J connectivity index is 2.23. The first-order valence-corrected chi connectivity index (χ1v) is 12.0. The fraction of sp³-hybridized carbons (Fsp3) is 0.450. The summed E-state index contributed by atoms with van der Waals surface area (Å²) in [4.78, 5) is 0. The molecule has 2 aromatic rings. The molecule has 1 aromatic carbocycles. The van der Waals surface area contributed by atoms with Crippen molar-refractivity contribution in [1.82, 2.24) is 0 Å². The second kappa shape index (κ2) is 5.66. The Hall–Kier alpha value is -1.41. The van der Waals surface area contributed by atoms with E-state index in [-0.39, 0.29) is 0 Å². The van der Waals surface area contributed by atoms with E-state index in [0.29, 0.717) is 0 Å². The standard InChI is InChI=1S/C20H28NSi/c1-15-10-11-16-8-6-7-9-18(16)20(15)19-14-17(22(3,4)5)12-13-21(19)2/h10-14H,6-9H2,1-5H3/q+1.